The van der Waals surface area contributed by atoms with Gasteiger partial charge in [-0.15, -0.1) is 0 Å². The Hall–Kier alpha value is -0.420. The van der Waals surface area contributed by atoms with Crippen molar-refractivity contribution in [1.29, 1.82) is 0 Å². The number of amides is 1. The molecule has 0 bridgehead atoms. The van der Waals surface area contributed by atoms with Crippen LogP contribution in [-0.2, 0) is 20.0 Å². The summed E-state index contributed by atoms with van der Waals surface area (Å²) in [6.07, 6.45) is 2.79. The van der Waals surface area contributed by atoms with Gasteiger partial charge in [-0.1, -0.05) is 24.5 Å². The minimum absolute atomic E-state index is 0.137. The monoisotopic (exact) mass is 219 g/mol. The third-order valence-electron chi connectivity index (χ3n) is 2.66. The second kappa shape index (κ2) is 4.89. The van der Waals surface area contributed by atoms with Crippen LogP contribution in [-0.4, -0.2) is 17.2 Å². The van der Waals surface area contributed by atoms with Crippen LogP contribution >= 0.6 is 0 Å². The number of hydrogen-bond acceptors (Lipinski definition) is 3. The molecule has 1 aliphatic rings. The van der Waals surface area contributed by atoms with E-state index in [1.807, 2.05) is 13.8 Å². The highest BCUT2D eigenvalue weighted by Crippen LogP contribution is 2.25. The number of hydrogen-bond donors (Lipinski definition) is 2. The zero-order valence-electron chi connectivity index (χ0n) is 8.69. The fraction of sp³-hybridized carbons (Fsp3) is 0.889. The van der Waals surface area contributed by atoms with Gasteiger partial charge in [0, 0.05) is 12.8 Å². The van der Waals surface area contributed by atoms with Gasteiger partial charge in [0.1, 0.15) is 5.25 Å². The highest BCUT2D eigenvalue weighted by Gasteiger charge is 2.36. The Balaban J connectivity index is 2.36. The maximum atomic E-state index is 11.5. The summed E-state index contributed by atoms with van der Waals surface area (Å²) in [5, 5.41) is 0.207. The van der Waals surface area contributed by atoms with Gasteiger partial charge < -0.3 is 5.73 Å². The van der Waals surface area contributed by atoms with E-state index in [2.05, 4.69) is 4.72 Å². The molecule has 1 saturated carbocycles. The quantitative estimate of drug-likeness (QED) is 0.514. The Morgan fingerprint density at radius 1 is 1.64 bits per heavy atom. The molecule has 82 valence electrons. The standard InChI is InChI=1S/C9H18N2O2S/c1-3-6(2)8(10)9(12)11-14(13)7-4-5-7/h6-8H,3-5,10H2,1-2H3,(H,11,12,13)/p+1. The van der Waals surface area contributed by atoms with Crippen molar-refractivity contribution in [2.75, 3.05) is 0 Å². The van der Waals surface area contributed by atoms with Crippen molar-refractivity contribution in [1.82, 2.24) is 4.72 Å². The van der Waals surface area contributed by atoms with Gasteiger partial charge in [0.25, 0.3) is 5.91 Å². The van der Waals surface area contributed by atoms with Crippen LogP contribution in [0, 0.1) is 5.92 Å². The number of nitrogens with one attached hydrogen (secondary N) is 1. The molecule has 3 atom stereocenters. The third kappa shape index (κ3) is 3.06. The molecule has 3 unspecified atom stereocenters. The van der Waals surface area contributed by atoms with Crippen molar-refractivity contribution < 1.29 is 9.00 Å². The summed E-state index contributed by atoms with van der Waals surface area (Å²) in [5.74, 6) is -0.134. The zero-order valence-corrected chi connectivity index (χ0v) is 9.59. The van der Waals surface area contributed by atoms with E-state index in [0.717, 1.165) is 19.3 Å². The molecule has 0 spiro atoms. The first-order valence-corrected chi connectivity index (χ1v) is 6.41. The minimum atomic E-state index is -1.56. The van der Waals surface area contributed by atoms with Crippen molar-refractivity contribution in [3.63, 3.8) is 0 Å². The van der Waals surface area contributed by atoms with E-state index in [4.69, 9.17) is 5.73 Å². The molecule has 0 aromatic heterocycles. The summed E-state index contributed by atoms with van der Waals surface area (Å²) < 4.78 is 13.9. The van der Waals surface area contributed by atoms with Crippen LogP contribution in [0.1, 0.15) is 33.1 Å². The molecular weight excluding hydrogens is 200 g/mol. The smallest absolute Gasteiger partial charge is 0.277 e. The molecule has 1 rings (SSSR count). The van der Waals surface area contributed by atoms with Gasteiger partial charge in [0.05, 0.1) is 6.04 Å². The van der Waals surface area contributed by atoms with E-state index in [0.29, 0.717) is 0 Å². The van der Waals surface area contributed by atoms with Gasteiger partial charge in [-0.3, -0.25) is 4.79 Å². The third-order valence-corrected chi connectivity index (χ3v) is 4.28. The molecule has 1 amide bonds. The summed E-state index contributed by atoms with van der Waals surface area (Å²) >= 11 is 0. The predicted octanol–water partition coefficient (Wildman–Crippen LogP) is 0.250. The summed E-state index contributed by atoms with van der Waals surface area (Å²) in [7, 11) is -1.56. The zero-order chi connectivity index (χ0) is 10.7. The van der Waals surface area contributed by atoms with E-state index in [1.54, 1.807) is 0 Å². The molecule has 1 fully saturated rings. The first kappa shape index (κ1) is 11.7. The van der Waals surface area contributed by atoms with Gasteiger partial charge >= 0.3 is 0 Å². The molecule has 0 heterocycles. The Kier molecular flexibility index (Phi) is 4.07. The fourth-order valence-electron chi connectivity index (χ4n) is 1.10. The van der Waals surface area contributed by atoms with Crippen LogP contribution in [0.3, 0.4) is 0 Å². The van der Waals surface area contributed by atoms with E-state index in [9.17, 15) is 9.00 Å². The number of rotatable bonds is 5. The number of carbonyl (C=O) groups excluding carboxylic acids is 1. The van der Waals surface area contributed by atoms with Gasteiger partial charge in [-0.2, -0.15) is 4.72 Å². The summed E-state index contributed by atoms with van der Waals surface area (Å²) in [6.45, 7) is 3.91. The number of nitrogens with two attached hydrogens (primary N) is 1. The molecule has 0 aromatic carbocycles. The Morgan fingerprint density at radius 2 is 2.21 bits per heavy atom. The summed E-state index contributed by atoms with van der Waals surface area (Å²) in [5.41, 5.74) is 5.70. The predicted molar refractivity (Wildman–Crippen MR) is 58.0 cm³/mol. The molecule has 5 heteroatoms. The van der Waals surface area contributed by atoms with Crippen molar-refractivity contribution in [3.05, 3.63) is 0 Å². The van der Waals surface area contributed by atoms with Crippen LogP contribution in [0.4, 0.5) is 0 Å². The van der Waals surface area contributed by atoms with Crippen LogP contribution in [0.15, 0.2) is 0 Å². The second-order valence-electron chi connectivity index (χ2n) is 3.94. The highest BCUT2D eigenvalue weighted by atomic mass is 32.2. The second-order valence-corrected chi connectivity index (χ2v) is 5.55. The summed E-state index contributed by atoms with van der Waals surface area (Å²) in [4.78, 5) is 11.5. The molecule has 14 heavy (non-hydrogen) atoms. The Labute approximate surface area is 87.2 Å². The molecule has 0 radical (unpaired) electrons. The lowest BCUT2D eigenvalue weighted by Crippen LogP contribution is -2.45. The van der Waals surface area contributed by atoms with Crippen LogP contribution in [0.25, 0.3) is 0 Å². The average Bonchev–Trinajstić information content (AvgIpc) is 2.98. The molecule has 1 aliphatic carbocycles. The van der Waals surface area contributed by atoms with Crippen molar-refractivity contribution in [2.45, 2.75) is 44.4 Å². The lowest BCUT2D eigenvalue weighted by molar-refractivity contribution is -0.121. The first-order valence-electron chi connectivity index (χ1n) is 5.08. The lowest BCUT2D eigenvalue weighted by atomic mass is 10.00. The first-order chi connectivity index (χ1) is 6.56. The Bertz CT molecular complexity index is 241. The van der Waals surface area contributed by atoms with E-state index < -0.39 is 17.0 Å². The van der Waals surface area contributed by atoms with Crippen LogP contribution < -0.4 is 10.5 Å². The van der Waals surface area contributed by atoms with Crippen molar-refractivity contribution in [2.24, 2.45) is 11.7 Å². The van der Waals surface area contributed by atoms with Crippen molar-refractivity contribution in [3.8, 4) is 0 Å². The van der Waals surface area contributed by atoms with Gasteiger partial charge in [0.2, 0.25) is 0 Å². The molecular formula is C9H19N2O2S+. The fourth-order valence-corrected chi connectivity index (χ4v) is 2.26. The van der Waals surface area contributed by atoms with Gasteiger partial charge in [0.15, 0.2) is 11.0 Å². The minimum Gasteiger partial charge on any atom is -0.320 e. The maximum absolute atomic E-state index is 11.5. The lowest BCUT2D eigenvalue weighted by Gasteiger charge is -2.15. The summed E-state index contributed by atoms with van der Waals surface area (Å²) in [6, 6.07) is -0.530. The van der Waals surface area contributed by atoms with Gasteiger partial charge in [-0.25, -0.2) is 0 Å². The van der Waals surface area contributed by atoms with E-state index >= 15 is 0 Å². The van der Waals surface area contributed by atoms with Crippen LogP contribution in [0.5, 0.6) is 0 Å². The van der Waals surface area contributed by atoms with E-state index in [-0.39, 0.29) is 17.1 Å². The average molecular weight is 219 g/mol. The van der Waals surface area contributed by atoms with Crippen LogP contribution in [0.2, 0.25) is 0 Å². The van der Waals surface area contributed by atoms with Crippen molar-refractivity contribution >= 4 is 16.9 Å². The Morgan fingerprint density at radius 3 is 2.64 bits per heavy atom. The molecule has 0 aliphatic heterocycles. The normalized spacial score (nSPS) is 22.5. The van der Waals surface area contributed by atoms with E-state index in [1.165, 1.54) is 0 Å². The SMILES string of the molecule is CCC(C)C(N)C(=O)N[SH+](=O)C1CC1. The van der Waals surface area contributed by atoms with Gasteiger partial charge in [-0.05, 0) is 5.92 Å². The topological polar surface area (TPSA) is 72.2 Å². The maximum Gasteiger partial charge on any atom is 0.277 e. The molecule has 3 N–H and O–H groups in total. The molecule has 0 saturated heterocycles. The largest absolute Gasteiger partial charge is 0.320 e. The number of thiol groups is 1. The molecule has 4 nitrogen and oxygen atoms in total. The highest BCUT2D eigenvalue weighted by molar-refractivity contribution is 7.84. The molecule has 0 aromatic rings. The number of carbonyl (C=O) groups is 1.